The number of aromatic nitrogens is 2. The zero-order chi connectivity index (χ0) is 9.68. The highest BCUT2D eigenvalue weighted by Crippen LogP contribution is 1.93. The molecule has 0 aromatic carbocycles. The molecule has 70 valence electrons. The minimum atomic E-state index is -0.380. The van der Waals surface area contributed by atoms with Gasteiger partial charge < -0.3 is 0 Å². The Hall–Kier alpha value is -1.49. The van der Waals surface area contributed by atoms with Gasteiger partial charge >= 0.3 is 0 Å². The fourth-order valence-corrected chi connectivity index (χ4v) is 0.700. The SMILES string of the molecule is CCONC(=O)c1cnc(C)cn1. The fraction of sp³-hybridized carbons (Fsp3) is 0.375. The third kappa shape index (κ3) is 2.79. The summed E-state index contributed by atoms with van der Waals surface area (Å²) >= 11 is 0. The second-order valence-electron chi connectivity index (χ2n) is 2.41. The molecule has 1 rings (SSSR count). The lowest BCUT2D eigenvalue weighted by Gasteiger charge is -2.01. The van der Waals surface area contributed by atoms with Crippen molar-refractivity contribution in [1.29, 1.82) is 0 Å². The second-order valence-corrected chi connectivity index (χ2v) is 2.41. The summed E-state index contributed by atoms with van der Waals surface area (Å²) in [5.41, 5.74) is 3.25. The van der Waals surface area contributed by atoms with Crippen molar-refractivity contribution >= 4 is 5.91 Å². The molecule has 5 heteroatoms. The number of amides is 1. The zero-order valence-corrected chi connectivity index (χ0v) is 7.57. The number of hydrogen-bond acceptors (Lipinski definition) is 4. The van der Waals surface area contributed by atoms with E-state index in [4.69, 9.17) is 4.84 Å². The highest BCUT2D eigenvalue weighted by molar-refractivity contribution is 5.91. The number of aryl methyl sites for hydroxylation is 1. The summed E-state index contributed by atoms with van der Waals surface area (Å²) in [6.45, 7) is 4.00. The number of carbonyl (C=O) groups excluding carboxylic acids is 1. The Morgan fingerprint density at radius 3 is 2.85 bits per heavy atom. The summed E-state index contributed by atoms with van der Waals surface area (Å²) < 4.78 is 0. The van der Waals surface area contributed by atoms with Gasteiger partial charge in [0.15, 0.2) is 0 Å². The molecule has 0 aliphatic heterocycles. The first-order valence-electron chi connectivity index (χ1n) is 3.94. The van der Waals surface area contributed by atoms with E-state index in [1.165, 1.54) is 12.4 Å². The largest absolute Gasteiger partial charge is 0.295 e. The van der Waals surface area contributed by atoms with Gasteiger partial charge in [-0.3, -0.25) is 14.6 Å². The zero-order valence-electron chi connectivity index (χ0n) is 7.57. The van der Waals surface area contributed by atoms with E-state index in [1.807, 2.05) is 0 Å². The molecule has 0 aliphatic carbocycles. The quantitative estimate of drug-likeness (QED) is 0.688. The Morgan fingerprint density at radius 1 is 1.54 bits per heavy atom. The maximum absolute atomic E-state index is 11.2. The standard InChI is InChI=1S/C8H11N3O2/c1-3-13-11-8(12)7-5-9-6(2)4-10-7/h4-5H,3H2,1-2H3,(H,11,12). The van der Waals surface area contributed by atoms with E-state index in [0.29, 0.717) is 6.61 Å². The fourth-order valence-electron chi connectivity index (χ4n) is 0.700. The summed E-state index contributed by atoms with van der Waals surface area (Å²) in [5, 5.41) is 0. The van der Waals surface area contributed by atoms with E-state index in [9.17, 15) is 4.79 Å². The van der Waals surface area contributed by atoms with Crippen LogP contribution in [0.1, 0.15) is 23.1 Å². The number of rotatable bonds is 3. The van der Waals surface area contributed by atoms with E-state index >= 15 is 0 Å². The van der Waals surface area contributed by atoms with Gasteiger partial charge in [-0.15, -0.1) is 0 Å². The van der Waals surface area contributed by atoms with Crippen molar-refractivity contribution in [2.45, 2.75) is 13.8 Å². The molecular formula is C8H11N3O2. The van der Waals surface area contributed by atoms with Crippen LogP contribution < -0.4 is 5.48 Å². The Bertz CT molecular complexity index is 284. The van der Waals surface area contributed by atoms with Gasteiger partial charge in [0, 0.05) is 6.20 Å². The van der Waals surface area contributed by atoms with Gasteiger partial charge in [-0.1, -0.05) is 0 Å². The average molecular weight is 181 g/mol. The third-order valence-electron chi connectivity index (χ3n) is 1.32. The lowest BCUT2D eigenvalue weighted by Crippen LogP contribution is -2.24. The molecule has 0 atom stereocenters. The molecule has 0 saturated carbocycles. The molecule has 1 N–H and O–H groups in total. The molecule has 1 aromatic rings. The maximum atomic E-state index is 11.2. The van der Waals surface area contributed by atoms with Gasteiger partial charge in [0.25, 0.3) is 5.91 Å². The maximum Gasteiger partial charge on any atom is 0.295 e. The highest BCUT2D eigenvalue weighted by atomic mass is 16.6. The molecule has 5 nitrogen and oxygen atoms in total. The molecular weight excluding hydrogens is 170 g/mol. The molecule has 1 aromatic heterocycles. The Balaban J connectivity index is 2.61. The van der Waals surface area contributed by atoms with Crippen LogP contribution in [0.2, 0.25) is 0 Å². The first-order chi connectivity index (χ1) is 6.24. The summed E-state index contributed by atoms with van der Waals surface area (Å²) in [5.74, 6) is -0.380. The van der Waals surface area contributed by atoms with E-state index in [1.54, 1.807) is 13.8 Å². The Kier molecular flexibility index (Phi) is 3.33. The molecule has 0 spiro atoms. The molecule has 0 saturated heterocycles. The average Bonchev–Trinajstić information content (AvgIpc) is 2.15. The van der Waals surface area contributed by atoms with Crippen LogP contribution in [0, 0.1) is 6.92 Å². The molecule has 0 unspecified atom stereocenters. The summed E-state index contributed by atoms with van der Waals surface area (Å²) in [6.07, 6.45) is 2.94. The molecule has 0 aliphatic rings. The summed E-state index contributed by atoms with van der Waals surface area (Å²) in [6, 6.07) is 0. The van der Waals surface area contributed by atoms with E-state index in [2.05, 4.69) is 15.4 Å². The predicted octanol–water partition coefficient (Wildman–Crippen LogP) is 0.466. The molecule has 13 heavy (non-hydrogen) atoms. The van der Waals surface area contributed by atoms with Gasteiger partial charge in [-0.25, -0.2) is 10.5 Å². The topological polar surface area (TPSA) is 64.1 Å². The normalized spacial score (nSPS) is 9.69. The Morgan fingerprint density at radius 2 is 2.31 bits per heavy atom. The molecule has 0 fully saturated rings. The van der Waals surface area contributed by atoms with Crippen molar-refractivity contribution in [3.05, 3.63) is 23.8 Å². The number of hydroxylamine groups is 1. The molecule has 0 radical (unpaired) electrons. The van der Waals surface area contributed by atoms with Crippen LogP contribution in [0.15, 0.2) is 12.4 Å². The van der Waals surface area contributed by atoms with Gasteiger partial charge in [0.05, 0.1) is 18.5 Å². The third-order valence-corrected chi connectivity index (χ3v) is 1.32. The van der Waals surface area contributed by atoms with Gasteiger partial charge in [0.1, 0.15) is 5.69 Å². The minimum absolute atomic E-state index is 0.249. The lowest BCUT2D eigenvalue weighted by molar-refractivity contribution is 0.0359. The molecule has 1 heterocycles. The first-order valence-corrected chi connectivity index (χ1v) is 3.94. The lowest BCUT2D eigenvalue weighted by atomic mass is 10.4. The van der Waals surface area contributed by atoms with Gasteiger partial charge in [-0.2, -0.15) is 0 Å². The summed E-state index contributed by atoms with van der Waals surface area (Å²) in [7, 11) is 0. The number of nitrogens with one attached hydrogen (secondary N) is 1. The van der Waals surface area contributed by atoms with Gasteiger partial charge in [-0.05, 0) is 13.8 Å². The van der Waals surface area contributed by atoms with Crippen LogP contribution in [0.4, 0.5) is 0 Å². The summed E-state index contributed by atoms with van der Waals surface area (Å²) in [4.78, 5) is 23.7. The number of carbonyl (C=O) groups is 1. The van der Waals surface area contributed by atoms with Crippen LogP contribution >= 0.6 is 0 Å². The highest BCUT2D eigenvalue weighted by Gasteiger charge is 2.05. The van der Waals surface area contributed by atoms with E-state index < -0.39 is 0 Å². The van der Waals surface area contributed by atoms with Gasteiger partial charge in [0.2, 0.25) is 0 Å². The van der Waals surface area contributed by atoms with E-state index in [-0.39, 0.29) is 11.6 Å². The van der Waals surface area contributed by atoms with Crippen molar-refractivity contribution in [2.24, 2.45) is 0 Å². The monoisotopic (exact) mass is 181 g/mol. The van der Waals surface area contributed by atoms with Crippen molar-refractivity contribution < 1.29 is 9.63 Å². The Labute approximate surface area is 76.1 Å². The molecule has 1 amide bonds. The van der Waals surface area contributed by atoms with E-state index in [0.717, 1.165) is 5.69 Å². The number of nitrogens with zero attached hydrogens (tertiary/aromatic N) is 2. The molecule has 0 bridgehead atoms. The van der Waals surface area contributed by atoms with Crippen LogP contribution in [-0.4, -0.2) is 22.5 Å². The first kappa shape index (κ1) is 9.60. The van der Waals surface area contributed by atoms with Crippen molar-refractivity contribution in [1.82, 2.24) is 15.4 Å². The smallest absolute Gasteiger partial charge is 0.274 e. The van der Waals surface area contributed by atoms with Crippen LogP contribution in [0.25, 0.3) is 0 Å². The van der Waals surface area contributed by atoms with Crippen molar-refractivity contribution in [3.63, 3.8) is 0 Å². The minimum Gasteiger partial charge on any atom is -0.274 e. The van der Waals surface area contributed by atoms with Crippen molar-refractivity contribution in [3.8, 4) is 0 Å². The number of hydrogen-bond donors (Lipinski definition) is 1. The van der Waals surface area contributed by atoms with Crippen LogP contribution in [0.3, 0.4) is 0 Å². The predicted molar refractivity (Wildman–Crippen MR) is 45.9 cm³/mol. The van der Waals surface area contributed by atoms with Crippen molar-refractivity contribution in [2.75, 3.05) is 6.61 Å². The second kappa shape index (κ2) is 4.51. The van der Waals surface area contributed by atoms with Crippen LogP contribution in [0.5, 0.6) is 0 Å². The van der Waals surface area contributed by atoms with Crippen LogP contribution in [-0.2, 0) is 4.84 Å².